The van der Waals surface area contributed by atoms with Gasteiger partial charge in [0, 0.05) is 49.4 Å². The first kappa shape index (κ1) is 40.1. The molecule has 4 heteroatoms. The average molecular weight is 908 g/mol. The smallest absolute Gasteiger partial charge is 0.180 e. The van der Waals surface area contributed by atoms with E-state index in [4.69, 9.17) is 0 Å². The van der Waals surface area contributed by atoms with Gasteiger partial charge in [-0.05, 0) is 92.5 Å². The number of rotatable bonds is 8. The zero-order valence-corrected chi connectivity index (χ0v) is 39.3. The van der Waals surface area contributed by atoms with Crippen LogP contribution in [0.3, 0.4) is 0 Å². The molecule has 0 amide bonds. The average Bonchev–Trinajstić information content (AvgIpc) is 4.08. The highest BCUT2D eigenvalue weighted by molar-refractivity contribution is 7.20. The molecule has 0 atom stereocenters. The highest BCUT2D eigenvalue weighted by Crippen LogP contribution is 2.40. The van der Waals surface area contributed by atoms with Crippen molar-refractivity contribution in [3.63, 3.8) is 0 Å². The van der Waals surface area contributed by atoms with E-state index in [2.05, 4.69) is 287 Å². The first-order valence-electron chi connectivity index (χ1n) is 24.2. The molecule has 0 radical (unpaired) electrons. The van der Waals surface area contributed by atoms with Crippen molar-refractivity contribution in [2.75, 3.05) is 0 Å². The molecule has 0 unspecified atom stereocenters. The van der Waals surface area contributed by atoms with E-state index in [0.717, 1.165) is 28.1 Å². The lowest BCUT2D eigenvalue weighted by molar-refractivity contribution is 1.14. The normalized spacial score (nSPS) is 12.0. The van der Waals surface area contributed by atoms with Crippen molar-refractivity contribution >= 4 is 94.2 Å². The Bertz CT molecular complexity index is 4110. The summed E-state index contributed by atoms with van der Waals surface area (Å²) < 4.78 is 7.42. The van der Waals surface area contributed by atoms with Gasteiger partial charge >= 0.3 is 0 Å². The third kappa shape index (κ3) is 6.00. The van der Waals surface area contributed by atoms with Gasteiger partial charge in [-0.15, -0.1) is 0 Å². The second-order valence-corrected chi connectivity index (χ2v) is 22.2. The molecule has 14 aromatic rings. The van der Waals surface area contributed by atoms with Crippen LogP contribution < -0.4 is 20.7 Å². The summed E-state index contributed by atoms with van der Waals surface area (Å²) in [6.07, 6.45) is 0. The topological polar surface area (TPSA) is 14.8 Å². The highest BCUT2D eigenvalue weighted by Gasteiger charge is 2.43. The van der Waals surface area contributed by atoms with Gasteiger partial charge in [0.1, 0.15) is 0 Å². The maximum absolute atomic E-state index is 2.90. The monoisotopic (exact) mass is 907 g/mol. The molecule has 3 aromatic heterocycles. The Morgan fingerprint density at radius 1 is 0.229 bits per heavy atom. The summed E-state index contributed by atoms with van der Waals surface area (Å²) >= 11 is 0. The van der Waals surface area contributed by atoms with Gasteiger partial charge in [-0.3, -0.25) is 0 Å². The van der Waals surface area contributed by atoms with Crippen LogP contribution in [0.4, 0.5) is 0 Å². The zero-order chi connectivity index (χ0) is 46.2. The summed E-state index contributed by atoms with van der Waals surface area (Å²) in [5, 5.41) is 13.0. The fourth-order valence-electron chi connectivity index (χ4n) is 11.8. The van der Waals surface area contributed by atoms with Crippen LogP contribution in [0.15, 0.2) is 273 Å². The number of para-hydroxylation sites is 3. The third-order valence-electron chi connectivity index (χ3n) is 14.8. The van der Waals surface area contributed by atoms with Crippen molar-refractivity contribution in [3.05, 3.63) is 273 Å². The van der Waals surface area contributed by atoms with E-state index < -0.39 is 8.07 Å². The molecule has 14 rings (SSSR count). The quantitative estimate of drug-likeness (QED) is 0.107. The van der Waals surface area contributed by atoms with E-state index in [1.165, 1.54) is 86.3 Å². The van der Waals surface area contributed by atoms with Crippen LogP contribution in [-0.4, -0.2) is 21.8 Å². The van der Waals surface area contributed by atoms with Crippen LogP contribution in [0.25, 0.3) is 93.6 Å². The Kier molecular flexibility index (Phi) is 9.23. The number of aromatic nitrogens is 3. The van der Waals surface area contributed by atoms with Gasteiger partial charge in [0.2, 0.25) is 0 Å². The lowest BCUT2D eigenvalue weighted by atomic mass is 10.1. The van der Waals surface area contributed by atoms with Gasteiger partial charge in [0.25, 0.3) is 0 Å². The fraction of sp³-hybridized carbons (Fsp3) is 0. The number of nitrogens with zero attached hydrogens (tertiary/aromatic N) is 3. The predicted octanol–water partition coefficient (Wildman–Crippen LogP) is 14.0. The molecular weight excluding hydrogens is 863 g/mol. The maximum Gasteiger partial charge on any atom is 0.180 e. The van der Waals surface area contributed by atoms with Crippen molar-refractivity contribution in [1.29, 1.82) is 0 Å². The summed E-state index contributed by atoms with van der Waals surface area (Å²) in [5.74, 6) is 0. The molecule has 0 saturated carbocycles. The largest absolute Gasteiger partial charge is 0.309 e. The minimum Gasteiger partial charge on any atom is -0.309 e. The lowest BCUT2D eigenvalue weighted by Crippen LogP contribution is -2.74. The van der Waals surface area contributed by atoms with Crippen molar-refractivity contribution in [2.45, 2.75) is 0 Å². The molecule has 0 spiro atoms. The molecule has 11 aromatic carbocycles. The number of fused-ring (bicyclic) bond motifs is 9. The summed E-state index contributed by atoms with van der Waals surface area (Å²) in [5.41, 5.74) is 12.9. The Hall–Kier alpha value is -8.96. The van der Waals surface area contributed by atoms with Crippen molar-refractivity contribution < 1.29 is 0 Å². The van der Waals surface area contributed by atoms with E-state index in [1.807, 2.05) is 0 Å². The number of benzene rings is 11. The van der Waals surface area contributed by atoms with Crippen LogP contribution in [0.1, 0.15) is 0 Å². The van der Waals surface area contributed by atoms with Crippen molar-refractivity contribution in [2.24, 2.45) is 0 Å². The Labute approximate surface area is 407 Å². The molecule has 0 aliphatic heterocycles. The second kappa shape index (κ2) is 16.1. The zero-order valence-electron chi connectivity index (χ0n) is 38.3. The van der Waals surface area contributed by atoms with Gasteiger partial charge in [-0.2, -0.15) is 0 Å². The van der Waals surface area contributed by atoms with Crippen molar-refractivity contribution in [3.8, 4) is 28.2 Å². The summed E-state index contributed by atoms with van der Waals surface area (Å²) in [6, 6.07) is 101. The molecule has 70 heavy (non-hydrogen) atoms. The minimum absolute atomic E-state index is 1.12. The van der Waals surface area contributed by atoms with E-state index in [9.17, 15) is 0 Å². The molecule has 328 valence electrons. The second-order valence-electron chi connectivity index (χ2n) is 18.4. The molecular formula is C66H45N3Si. The van der Waals surface area contributed by atoms with Crippen LogP contribution in [0.5, 0.6) is 0 Å². The van der Waals surface area contributed by atoms with Crippen LogP contribution >= 0.6 is 0 Å². The van der Waals surface area contributed by atoms with Gasteiger partial charge in [-0.25, -0.2) is 0 Å². The molecule has 0 aliphatic rings. The molecule has 0 fully saturated rings. The Morgan fingerprint density at radius 3 is 1.10 bits per heavy atom. The molecule has 3 nitrogen and oxygen atoms in total. The number of hydrogen-bond donors (Lipinski definition) is 0. The molecule has 0 saturated heterocycles. The first-order chi connectivity index (χ1) is 34.8. The molecule has 0 N–H and O–H groups in total. The standard InChI is InChI=1S/C66H45N3Si/c1-5-20-46(21-6-1)47-36-38-48(39-37-47)67-63-44-49(68-59-31-16-13-28-54(59)55-29-14-17-32-60(55)68)40-42-56(63)57-43-41-50(45-64(57)67)69-61-33-18-15-30-58(61)66-62(69)34-19-35-65(66)70(51-22-7-2-8-23-51,52-24-9-3-10-25-52)53-26-11-4-12-27-53/h1-45H. The summed E-state index contributed by atoms with van der Waals surface area (Å²) in [7, 11) is -2.90. The summed E-state index contributed by atoms with van der Waals surface area (Å²) in [6.45, 7) is 0. The summed E-state index contributed by atoms with van der Waals surface area (Å²) in [4.78, 5) is 0. The van der Waals surface area contributed by atoms with Gasteiger partial charge < -0.3 is 13.7 Å². The predicted molar refractivity (Wildman–Crippen MR) is 299 cm³/mol. The van der Waals surface area contributed by atoms with Crippen molar-refractivity contribution in [1.82, 2.24) is 13.7 Å². The van der Waals surface area contributed by atoms with E-state index in [0.29, 0.717) is 0 Å². The Morgan fingerprint density at radius 2 is 0.586 bits per heavy atom. The van der Waals surface area contributed by atoms with Crippen LogP contribution in [-0.2, 0) is 0 Å². The van der Waals surface area contributed by atoms with E-state index in [1.54, 1.807) is 0 Å². The molecule has 3 heterocycles. The van der Waals surface area contributed by atoms with Gasteiger partial charge in [-0.1, -0.05) is 212 Å². The fourth-order valence-corrected chi connectivity index (χ4v) is 16.8. The minimum atomic E-state index is -2.90. The Balaban J connectivity index is 1.05. The third-order valence-corrected chi connectivity index (χ3v) is 19.6. The SMILES string of the molecule is c1ccc(-c2ccc(-n3c4cc(-n5c6ccccc6c6ccccc65)ccc4c4ccc(-n5c6ccccc6c6c([Si](c7ccccc7)(c7ccccc7)c7ccccc7)cccc65)cc43)cc2)cc1. The first-order valence-corrected chi connectivity index (χ1v) is 26.2. The van der Waals surface area contributed by atoms with Gasteiger partial charge in [0.15, 0.2) is 8.07 Å². The van der Waals surface area contributed by atoms with E-state index >= 15 is 0 Å². The van der Waals surface area contributed by atoms with Crippen LogP contribution in [0, 0.1) is 0 Å². The highest BCUT2D eigenvalue weighted by atomic mass is 28.3. The molecule has 0 aliphatic carbocycles. The lowest BCUT2D eigenvalue weighted by Gasteiger charge is -2.35. The van der Waals surface area contributed by atoms with E-state index in [-0.39, 0.29) is 0 Å². The van der Waals surface area contributed by atoms with Gasteiger partial charge in [0.05, 0.1) is 33.1 Å². The number of hydrogen-bond acceptors (Lipinski definition) is 0. The molecule has 0 bridgehead atoms. The maximum atomic E-state index is 2.51. The van der Waals surface area contributed by atoms with Crippen LogP contribution in [0.2, 0.25) is 0 Å².